The molecule has 0 fully saturated rings. The zero-order chi connectivity index (χ0) is 13.4. The minimum absolute atomic E-state index is 0.255. The highest BCUT2D eigenvalue weighted by atomic mass is 127. The quantitative estimate of drug-likeness (QED) is 0.806. The summed E-state index contributed by atoms with van der Waals surface area (Å²) in [6.45, 7) is 0. The Hall–Kier alpha value is -0.940. The number of hydrogen-bond donors (Lipinski definition) is 1. The molecule has 0 aliphatic heterocycles. The van der Waals surface area contributed by atoms with Gasteiger partial charge in [0.25, 0.3) is 0 Å². The topological polar surface area (TPSA) is 20.2 Å². The summed E-state index contributed by atoms with van der Waals surface area (Å²) in [6.07, 6.45) is 1.22. The van der Waals surface area contributed by atoms with E-state index >= 15 is 0 Å². The van der Waals surface area contributed by atoms with Gasteiger partial charge in [-0.1, -0.05) is 30.3 Å². The molecule has 2 aromatic carbocycles. The molecule has 0 spiro atoms. The number of benzene rings is 2. The Morgan fingerprint density at radius 1 is 1.26 bits per heavy atom. The molecule has 1 aliphatic rings. The van der Waals surface area contributed by atoms with Crippen LogP contribution in [-0.2, 0) is 6.42 Å². The van der Waals surface area contributed by atoms with Gasteiger partial charge in [0, 0.05) is 3.57 Å². The third-order valence-electron chi connectivity index (χ3n) is 3.79. The Morgan fingerprint density at radius 2 is 2.05 bits per heavy atom. The van der Waals surface area contributed by atoms with Gasteiger partial charge < -0.3 is 5.11 Å². The minimum atomic E-state index is -0.522. The highest BCUT2D eigenvalue weighted by Gasteiger charge is 2.28. The van der Waals surface area contributed by atoms with Gasteiger partial charge in [0.1, 0.15) is 5.82 Å². The second-order valence-electron chi connectivity index (χ2n) is 5.02. The van der Waals surface area contributed by atoms with Crippen LogP contribution in [0, 0.1) is 9.39 Å². The first-order chi connectivity index (χ1) is 9.15. The first kappa shape index (κ1) is 13.1. The van der Waals surface area contributed by atoms with Crippen LogP contribution in [0.1, 0.15) is 35.1 Å². The summed E-state index contributed by atoms with van der Waals surface area (Å²) in [6, 6.07) is 12.9. The molecule has 1 nitrogen and oxygen atoms in total. The maximum atomic E-state index is 13.1. The van der Waals surface area contributed by atoms with Crippen molar-refractivity contribution in [3.63, 3.8) is 0 Å². The number of aliphatic hydroxyl groups excluding tert-OH is 1. The maximum Gasteiger partial charge on any atom is 0.124 e. The molecule has 0 saturated heterocycles. The van der Waals surface area contributed by atoms with Gasteiger partial charge in [0.2, 0.25) is 0 Å². The van der Waals surface area contributed by atoms with Gasteiger partial charge in [-0.05, 0) is 70.2 Å². The maximum absolute atomic E-state index is 13.1. The molecule has 1 N–H and O–H groups in total. The molecule has 3 heteroatoms. The number of aliphatic hydroxyl groups is 1. The summed E-state index contributed by atoms with van der Waals surface area (Å²) >= 11 is 2.08. The molecule has 0 radical (unpaired) electrons. The fraction of sp³-hybridized carbons (Fsp3) is 0.250. The highest BCUT2D eigenvalue weighted by Crippen LogP contribution is 2.41. The van der Waals surface area contributed by atoms with E-state index in [1.54, 1.807) is 6.07 Å². The van der Waals surface area contributed by atoms with Crippen LogP contribution in [0.25, 0.3) is 0 Å². The van der Waals surface area contributed by atoms with E-state index < -0.39 is 6.10 Å². The number of hydrogen-bond acceptors (Lipinski definition) is 1. The van der Waals surface area contributed by atoms with Crippen LogP contribution in [0.3, 0.4) is 0 Å². The first-order valence-electron chi connectivity index (χ1n) is 6.36. The number of rotatable bonds is 3. The van der Waals surface area contributed by atoms with Crippen LogP contribution >= 0.6 is 22.6 Å². The minimum Gasteiger partial charge on any atom is -0.388 e. The van der Waals surface area contributed by atoms with Gasteiger partial charge in [-0.2, -0.15) is 0 Å². The average Bonchev–Trinajstić information content (AvgIpc) is 2.35. The molecule has 0 amide bonds. The number of fused-ring (bicyclic) bond motifs is 1. The second-order valence-corrected chi connectivity index (χ2v) is 6.18. The first-order valence-corrected chi connectivity index (χ1v) is 7.44. The Balaban J connectivity index is 1.75. The Bertz CT molecular complexity index is 611. The summed E-state index contributed by atoms with van der Waals surface area (Å²) in [5.41, 5.74) is 3.55. The van der Waals surface area contributed by atoms with E-state index in [1.165, 1.54) is 23.3 Å². The van der Waals surface area contributed by atoms with E-state index in [0.29, 0.717) is 12.3 Å². The lowest BCUT2D eigenvalue weighted by atomic mass is 9.74. The molecule has 0 bridgehead atoms. The summed E-state index contributed by atoms with van der Waals surface area (Å²) in [5, 5.41) is 10.3. The highest BCUT2D eigenvalue weighted by molar-refractivity contribution is 14.1. The van der Waals surface area contributed by atoms with Gasteiger partial charge in [-0.3, -0.25) is 0 Å². The fourth-order valence-electron chi connectivity index (χ4n) is 2.74. The van der Waals surface area contributed by atoms with Gasteiger partial charge in [0.05, 0.1) is 6.10 Å². The molecule has 2 atom stereocenters. The van der Waals surface area contributed by atoms with E-state index in [9.17, 15) is 9.50 Å². The summed E-state index contributed by atoms with van der Waals surface area (Å²) in [4.78, 5) is 0. The molecule has 3 rings (SSSR count). The van der Waals surface area contributed by atoms with E-state index in [1.807, 2.05) is 12.1 Å². The van der Waals surface area contributed by atoms with Gasteiger partial charge >= 0.3 is 0 Å². The van der Waals surface area contributed by atoms with Crippen molar-refractivity contribution < 1.29 is 9.50 Å². The van der Waals surface area contributed by atoms with Crippen LogP contribution < -0.4 is 0 Å². The molecular formula is C16H14FIO. The van der Waals surface area contributed by atoms with E-state index in [-0.39, 0.29) is 5.82 Å². The predicted octanol–water partition coefficient (Wildman–Crippen LogP) is 4.19. The lowest BCUT2D eigenvalue weighted by molar-refractivity contribution is 0.152. The molecule has 0 saturated carbocycles. The molecule has 2 unspecified atom stereocenters. The van der Waals surface area contributed by atoms with Crippen molar-refractivity contribution in [3.8, 4) is 0 Å². The SMILES string of the molecule is OC(CC1Cc2ccccc21)c1ccc(F)cc1I. The molecule has 0 heterocycles. The van der Waals surface area contributed by atoms with Crippen LogP contribution in [0.5, 0.6) is 0 Å². The van der Waals surface area contributed by atoms with E-state index in [2.05, 4.69) is 34.7 Å². The van der Waals surface area contributed by atoms with Crippen LogP contribution in [0.15, 0.2) is 42.5 Å². The molecule has 0 aromatic heterocycles. The van der Waals surface area contributed by atoms with Crippen molar-refractivity contribution >= 4 is 22.6 Å². The fourth-order valence-corrected chi connectivity index (χ4v) is 3.58. The normalized spacial score (nSPS) is 18.6. The van der Waals surface area contributed by atoms with E-state index in [4.69, 9.17) is 0 Å². The molecule has 19 heavy (non-hydrogen) atoms. The van der Waals surface area contributed by atoms with Gasteiger partial charge in [-0.25, -0.2) is 4.39 Å². The Labute approximate surface area is 125 Å². The van der Waals surface area contributed by atoms with Crippen molar-refractivity contribution in [2.75, 3.05) is 0 Å². The monoisotopic (exact) mass is 368 g/mol. The van der Waals surface area contributed by atoms with Crippen molar-refractivity contribution in [1.82, 2.24) is 0 Å². The number of halogens is 2. The van der Waals surface area contributed by atoms with Crippen LogP contribution in [-0.4, -0.2) is 5.11 Å². The van der Waals surface area contributed by atoms with Crippen LogP contribution in [0.4, 0.5) is 4.39 Å². The molecule has 98 valence electrons. The zero-order valence-corrected chi connectivity index (χ0v) is 12.5. The van der Waals surface area contributed by atoms with Gasteiger partial charge in [-0.15, -0.1) is 0 Å². The standard InChI is InChI=1S/C16H14FIO/c17-12-5-6-14(15(18)9-12)16(19)8-11-7-10-3-1-2-4-13(10)11/h1-6,9,11,16,19H,7-8H2. The third kappa shape index (κ3) is 2.54. The van der Waals surface area contributed by atoms with E-state index in [0.717, 1.165) is 15.6 Å². The summed E-state index contributed by atoms with van der Waals surface area (Å²) in [7, 11) is 0. The van der Waals surface area contributed by atoms with Crippen molar-refractivity contribution in [1.29, 1.82) is 0 Å². The Morgan fingerprint density at radius 3 is 2.79 bits per heavy atom. The van der Waals surface area contributed by atoms with Crippen LogP contribution in [0.2, 0.25) is 0 Å². The lowest BCUT2D eigenvalue weighted by Crippen LogP contribution is -2.19. The largest absolute Gasteiger partial charge is 0.388 e. The second kappa shape index (κ2) is 5.21. The van der Waals surface area contributed by atoms with Crippen molar-refractivity contribution in [2.45, 2.75) is 24.9 Å². The third-order valence-corrected chi connectivity index (χ3v) is 4.72. The Kier molecular flexibility index (Phi) is 3.58. The molecule has 2 aromatic rings. The summed E-state index contributed by atoms with van der Waals surface area (Å²) in [5.74, 6) is 0.168. The smallest absolute Gasteiger partial charge is 0.124 e. The molecule has 1 aliphatic carbocycles. The zero-order valence-electron chi connectivity index (χ0n) is 10.3. The van der Waals surface area contributed by atoms with Gasteiger partial charge in [0.15, 0.2) is 0 Å². The predicted molar refractivity (Wildman–Crippen MR) is 81.6 cm³/mol. The van der Waals surface area contributed by atoms with Crippen molar-refractivity contribution in [2.24, 2.45) is 0 Å². The summed E-state index contributed by atoms with van der Waals surface area (Å²) < 4.78 is 13.9. The van der Waals surface area contributed by atoms with Crippen molar-refractivity contribution in [3.05, 3.63) is 68.5 Å². The molecular weight excluding hydrogens is 354 g/mol. The average molecular weight is 368 g/mol. The lowest BCUT2D eigenvalue weighted by Gasteiger charge is -2.32.